The third-order valence-electron chi connectivity index (χ3n) is 5.35. The van der Waals surface area contributed by atoms with Gasteiger partial charge in [-0.15, -0.1) is 0 Å². The average molecular weight is 392 g/mol. The van der Waals surface area contributed by atoms with E-state index >= 15 is 0 Å². The van der Waals surface area contributed by atoms with E-state index in [0.29, 0.717) is 5.82 Å². The van der Waals surface area contributed by atoms with Crippen LogP contribution in [0.3, 0.4) is 0 Å². The van der Waals surface area contributed by atoms with E-state index in [4.69, 9.17) is 4.52 Å². The van der Waals surface area contributed by atoms with Crippen molar-refractivity contribution in [1.82, 2.24) is 20.0 Å². The fraction of sp³-hybridized carbons (Fsp3) is 0.364. The first-order valence-electron chi connectivity index (χ1n) is 10.0. The molecule has 1 fully saturated rings. The Balaban J connectivity index is 1.53. The Kier molecular flexibility index (Phi) is 5.55. The summed E-state index contributed by atoms with van der Waals surface area (Å²) < 4.78 is 6.73. The van der Waals surface area contributed by atoms with Gasteiger partial charge in [0.15, 0.2) is 0 Å². The standard InChI is InChI=1S/C22H24N4O3/c1-15-8-5-6-11-17(15)20-24-21(29-25-20)18-12-7-13-26(22(18)28)14-19(27)23-16-9-3-2-4-10-16/h5-8,11-13,16H,2-4,9-10,14H2,1H3,(H,23,27). The van der Waals surface area contributed by atoms with Crippen LogP contribution in [0, 0.1) is 6.92 Å². The molecule has 0 atom stereocenters. The van der Waals surface area contributed by atoms with E-state index in [9.17, 15) is 9.59 Å². The molecule has 150 valence electrons. The number of amides is 1. The van der Waals surface area contributed by atoms with Gasteiger partial charge < -0.3 is 14.4 Å². The van der Waals surface area contributed by atoms with Gasteiger partial charge in [-0.2, -0.15) is 4.98 Å². The monoisotopic (exact) mass is 392 g/mol. The Morgan fingerprint density at radius 2 is 1.90 bits per heavy atom. The molecular formula is C22H24N4O3. The van der Waals surface area contributed by atoms with E-state index in [2.05, 4.69) is 15.5 Å². The van der Waals surface area contributed by atoms with Gasteiger partial charge in [0.2, 0.25) is 11.7 Å². The molecule has 1 aliphatic rings. The van der Waals surface area contributed by atoms with E-state index in [1.165, 1.54) is 11.0 Å². The highest BCUT2D eigenvalue weighted by Crippen LogP contribution is 2.23. The largest absolute Gasteiger partial charge is 0.352 e. The molecule has 1 N–H and O–H groups in total. The Morgan fingerprint density at radius 1 is 1.14 bits per heavy atom. The summed E-state index contributed by atoms with van der Waals surface area (Å²) in [5.41, 5.74) is 1.83. The third-order valence-corrected chi connectivity index (χ3v) is 5.35. The molecule has 0 spiro atoms. The number of benzene rings is 1. The van der Waals surface area contributed by atoms with Crippen molar-refractivity contribution in [3.8, 4) is 22.8 Å². The zero-order valence-corrected chi connectivity index (χ0v) is 16.4. The van der Waals surface area contributed by atoms with Crippen LogP contribution in [0.4, 0.5) is 0 Å². The fourth-order valence-corrected chi connectivity index (χ4v) is 3.77. The number of pyridine rings is 1. The Morgan fingerprint density at radius 3 is 2.69 bits per heavy atom. The summed E-state index contributed by atoms with van der Waals surface area (Å²) in [6.45, 7) is 1.94. The number of aryl methyl sites for hydroxylation is 1. The molecule has 0 unspecified atom stereocenters. The molecule has 0 radical (unpaired) electrons. The second-order valence-electron chi connectivity index (χ2n) is 7.50. The molecule has 2 heterocycles. The summed E-state index contributed by atoms with van der Waals surface area (Å²) in [4.78, 5) is 29.6. The lowest BCUT2D eigenvalue weighted by Gasteiger charge is -2.22. The van der Waals surface area contributed by atoms with Gasteiger partial charge in [-0.3, -0.25) is 9.59 Å². The van der Waals surface area contributed by atoms with Gasteiger partial charge in [-0.25, -0.2) is 0 Å². The number of carbonyl (C=O) groups excluding carboxylic acids is 1. The van der Waals surface area contributed by atoms with Crippen LogP contribution >= 0.6 is 0 Å². The van der Waals surface area contributed by atoms with Crippen molar-refractivity contribution in [2.24, 2.45) is 0 Å². The molecule has 0 aliphatic heterocycles. The maximum Gasteiger partial charge on any atom is 0.263 e. The van der Waals surface area contributed by atoms with Crippen molar-refractivity contribution < 1.29 is 9.32 Å². The van der Waals surface area contributed by atoms with Gasteiger partial charge in [0.05, 0.1) is 0 Å². The summed E-state index contributed by atoms with van der Waals surface area (Å²) in [7, 11) is 0. The second-order valence-corrected chi connectivity index (χ2v) is 7.50. The number of hydrogen-bond acceptors (Lipinski definition) is 5. The molecule has 2 aromatic heterocycles. The third kappa shape index (κ3) is 4.29. The minimum Gasteiger partial charge on any atom is -0.352 e. The van der Waals surface area contributed by atoms with Crippen molar-refractivity contribution in [2.75, 3.05) is 0 Å². The zero-order valence-electron chi connectivity index (χ0n) is 16.4. The number of nitrogens with one attached hydrogen (secondary N) is 1. The van der Waals surface area contributed by atoms with Crippen LogP contribution in [0.2, 0.25) is 0 Å². The van der Waals surface area contributed by atoms with E-state index in [0.717, 1.165) is 36.8 Å². The van der Waals surface area contributed by atoms with E-state index in [-0.39, 0.29) is 35.5 Å². The number of carbonyl (C=O) groups is 1. The lowest BCUT2D eigenvalue weighted by atomic mass is 9.95. The van der Waals surface area contributed by atoms with Gasteiger partial charge in [0.25, 0.3) is 11.4 Å². The predicted molar refractivity (Wildman–Crippen MR) is 109 cm³/mol. The summed E-state index contributed by atoms with van der Waals surface area (Å²) in [5, 5.41) is 7.05. The Labute approximate surface area is 168 Å². The number of hydrogen-bond donors (Lipinski definition) is 1. The Bertz CT molecular complexity index is 1060. The SMILES string of the molecule is Cc1ccccc1-c1noc(-c2cccn(CC(=O)NC3CCCCC3)c2=O)n1. The highest BCUT2D eigenvalue weighted by molar-refractivity contribution is 5.76. The van der Waals surface area contributed by atoms with Crippen molar-refractivity contribution in [1.29, 1.82) is 0 Å². The van der Waals surface area contributed by atoms with Gasteiger partial charge in [0.1, 0.15) is 12.1 Å². The van der Waals surface area contributed by atoms with Crippen LogP contribution in [-0.4, -0.2) is 26.7 Å². The molecule has 4 rings (SSSR count). The summed E-state index contributed by atoms with van der Waals surface area (Å²) in [6, 6.07) is 11.3. The van der Waals surface area contributed by atoms with Crippen LogP contribution < -0.4 is 10.9 Å². The van der Waals surface area contributed by atoms with E-state index < -0.39 is 0 Å². The van der Waals surface area contributed by atoms with Crippen LogP contribution in [0.1, 0.15) is 37.7 Å². The van der Waals surface area contributed by atoms with E-state index in [1.807, 2.05) is 31.2 Å². The molecule has 29 heavy (non-hydrogen) atoms. The molecule has 0 saturated heterocycles. The first-order chi connectivity index (χ1) is 14.1. The highest BCUT2D eigenvalue weighted by atomic mass is 16.5. The topological polar surface area (TPSA) is 90.0 Å². The van der Waals surface area contributed by atoms with Crippen molar-refractivity contribution >= 4 is 5.91 Å². The minimum atomic E-state index is -0.328. The van der Waals surface area contributed by atoms with Crippen LogP contribution in [0.25, 0.3) is 22.8 Å². The lowest BCUT2D eigenvalue weighted by molar-refractivity contribution is -0.122. The van der Waals surface area contributed by atoms with Crippen molar-refractivity contribution in [2.45, 2.75) is 51.6 Å². The first-order valence-corrected chi connectivity index (χ1v) is 10.0. The van der Waals surface area contributed by atoms with Crippen molar-refractivity contribution in [3.05, 3.63) is 58.5 Å². The fourth-order valence-electron chi connectivity index (χ4n) is 3.77. The van der Waals surface area contributed by atoms with Gasteiger partial charge in [-0.1, -0.05) is 48.7 Å². The van der Waals surface area contributed by atoms with Crippen LogP contribution in [0.5, 0.6) is 0 Å². The molecule has 7 heteroatoms. The molecule has 1 amide bonds. The van der Waals surface area contributed by atoms with Gasteiger partial charge in [0, 0.05) is 17.8 Å². The number of nitrogens with zero attached hydrogens (tertiary/aromatic N) is 3. The minimum absolute atomic E-state index is 0.0258. The highest BCUT2D eigenvalue weighted by Gasteiger charge is 2.18. The smallest absolute Gasteiger partial charge is 0.263 e. The Hall–Kier alpha value is -3.22. The molecule has 1 saturated carbocycles. The number of rotatable bonds is 5. The van der Waals surface area contributed by atoms with Crippen molar-refractivity contribution in [3.63, 3.8) is 0 Å². The van der Waals surface area contributed by atoms with Crippen LogP contribution in [-0.2, 0) is 11.3 Å². The molecule has 0 bridgehead atoms. The first kappa shape index (κ1) is 19.1. The summed E-state index contributed by atoms with van der Waals surface area (Å²) >= 11 is 0. The predicted octanol–water partition coefficient (Wildman–Crippen LogP) is 3.32. The normalized spacial score (nSPS) is 14.7. The van der Waals surface area contributed by atoms with Gasteiger partial charge >= 0.3 is 0 Å². The molecule has 1 aliphatic carbocycles. The maximum atomic E-state index is 12.9. The maximum absolute atomic E-state index is 12.9. The molecule has 1 aromatic carbocycles. The molecular weight excluding hydrogens is 368 g/mol. The van der Waals surface area contributed by atoms with E-state index in [1.54, 1.807) is 18.3 Å². The molecule has 3 aromatic rings. The van der Waals surface area contributed by atoms with Crippen LogP contribution in [0.15, 0.2) is 51.9 Å². The second kappa shape index (κ2) is 8.43. The van der Waals surface area contributed by atoms with Gasteiger partial charge in [-0.05, 0) is 37.5 Å². The quantitative estimate of drug-likeness (QED) is 0.719. The zero-order chi connectivity index (χ0) is 20.2. The lowest BCUT2D eigenvalue weighted by Crippen LogP contribution is -2.39. The number of aromatic nitrogens is 3. The summed E-state index contributed by atoms with van der Waals surface area (Å²) in [5.74, 6) is 0.431. The molecule has 7 nitrogen and oxygen atoms in total. The summed E-state index contributed by atoms with van der Waals surface area (Å²) in [6.07, 6.45) is 7.11. The average Bonchev–Trinajstić information content (AvgIpc) is 3.20.